The molecule has 4 rings (SSSR count). The number of nitrogens with one attached hydrogen (secondary N) is 1. The quantitative estimate of drug-likeness (QED) is 0.916. The fourth-order valence-electron chi connectivity index (χ4n) is 3.35. The molecule has 1 aromatic carbocycles. The summed E-state index contributed by atoms with van der Waals surface area (Å²) >= 11 is 0. The lowest BCUT2D eigenvalue weighted by Crippen LogP contribution is -2.48. The van der Waals surface area contributed by atoms with E-state index in [1.54, 1.807) is 4.31 Å². The average molecular weight is 336 g/mol. The van der Waals surface area contributed by atoms with Gasteiger partial charge in [0, 0.05) is 19.6 Å². The number of hydrogen-bond donors (Lipinski definition) is 1. The topological polar surface area (TPSA) is 78.5 Å². The lowest BCUT2D eigenvalue weighted by Gasteiger charge is -2.32. The predicted octanol–water partition coefficient (Wildman–Crippen LogP) is 1.28. The number of para-hydroxylation sites is 2. The van der Waals surface area contributed by atoms with Crippen molar-refractivity contribution >= 4 is 21.2 Å². The van der Waals surface area contributed by atoms with Crippen LogP contribution in [0.2, 0.25) is 0 Å². The second-order valence-corrected chi connectivity index (χ2v) is 7.81. The first-order valence-corrected chi connectivity index (χ1v) is 9.35. The van der Waals surface area contributed by atoms with Crippen molar-refractivity contribution in [1.82, 2.24) is 18.6 Å². The van der Waals surface area contributed by atoms with Crippen LogP contribution in [0.3, 0.4) is 0 Å². The number of rotatable bonds is 3. The number of morpholine rings is 1. The van der Waals surface area contributed by atoms with E-state index < -0.39 is 10.2 Å². The molecule has 2 aliphatic heterocycles. The summed E-state index contributed by atoms with van der Waals surface area (Å²) in [6, 6.07) is 7.56. The molecule has 1 aromatic heterocycles. The molecule has 3 heterocycles. The summed E-state index contributed by atoms with van der Waals surface area (Å²) in [6.45, 7) is 2.31. The maximum Gasteiger partial charge on any atom is 0.282 e. The lowest BCUT2D eigenvalue weighted by molar-refractivity contribution is 0.0698. The van der Waals surface area contributed by atoms with E-state index in [2.05, 4.69) is 9.97 Å². The van der Waals surface area contributed by atoms with Crippen molar-refractivity contribution in [3.63, 3.8) is 0 Å². The zero-order valence-corrected chi connectivity index (χ0v) is 13.6. The van der Waals surface area contributed by atoms with E-state index in [0.29, 0.717) is 32.8 Å². The minimum atomic E-state index is -3.47. The summed E-state index contributed by atoms with van der Waals surface area (Å²) in [5.74, 6) is 0.737. The molecule has 1 atom stereocenters. The molecule has 124 valence electrons. The molecule has 0 saturated carbocycles. The van der Waals surface area contributed by atoms with Crippen LogP contribution in [0.1, 0.15) is 24.7 Å². The van der Waals surface area contributed by atoms with Crippen LogP contribution in [0, 0.1) is 0 Å². The maximum atomic E-state index is 12.9. The van der Waals surface area contributed by atoms with Crippen LogP contribution in [0.25, 0.3) is 11.0 Å². The normalized spacial score (nSPS) is 24.4. The number of imidazole rings is 1. The molecule has 0 amide bonds. The maximum absolute atomic E-state index is 12.9. The number of ether oxygens (including phenoxy) is 1. The number of hydrogen-bond acceptors (Lipinski definition) is 4. The molecule has 1 unspecified atom stereocenters. The van der Waals surface area contributed by atoms with Gasteiger partial charge in [0.05, 0.1) is 30.3 Å². The first-order chi connectivity index (χ1) is 11.2. The Kier molecular flexibility index (Phi) is 3.84. The molecule has 0 aliphatic carbocycles. The summed E-state index contributed by atoms with van der Waals surface area (Å²) < 4.78 is 34.3. The molecule has 23 heavy (non-hydrogen) atoms. The molecule has 0 radical (unpaired) electrons. The number of nitrogens with zero attached hydrogens (tertiary/aromatic N) is 3. The molecule has 1 N–H and O–H groups in total. The van der Waals surface area contributed by atoms with E-state index in [-0.39, 0.29) is 6.04 Å². The van der Waals surface area contributed by atoms with Crippen LogP contribution in [-0.2, 0) is 14.9 Å². The molecule has 2 fully saturated rings. The van der Waals surface area contributed by atoms with Crippen LogP contribution < -0.4 is 0 Å². The van der Waals surface area contributed by atoms with Gasteiger partial charge in [-0.15, -0.1) is 0 Å². The van der Waals surface area contributed by atoms with E-state index in [1.165, 1.54) is 4.31 Å². The van der Waals surface area contributed by atoms with Crippen LogP contribution in [-0.4, -0.2) is 59.8 Å². The van der Waals surface area contributed by atoms with Gasteiger partial charge < -0.3 is 9.72 Å². The van der Waals surface area contributed by atoms with Gasteiger partial charge in [-0.05, 0) is 25.0 Å². The Hall–Kier alpha value is -1.48. The molecule has 2 aromatic rings. The highest BCUT2D eigenvalue weighted by Crippen LogP contribution is 2.34. The Morgan fingerprint density at radius 3 is 2.74 bits per heavy atom. The lowest BCUT2D eigenvalue weighted by atomic mass is 10.2. The first-order valence-electron chi connectivity index (χ1n) is 7.95. The smallest absolute Gasteiger partial charge is 0.282 e. The number of aromatic nitrogens is 2. The molecule has 7 nitrogen and oxygen atoms in total. The molecular weight excluding hydrogens is 316 g/mol. The Morgan fingerprint density at radius 2 is 1.96 bits per heavy atom. The third-order valence-corrected chi connectivity index (χ3v) is 6.57. The number of benzene rings is 1. The summed E-state index contributed by atoms with van der Waals surface area (Å²) in [7, 11) is -3.47. The summed E-state index contributed by atoms with van der Waals surface area (Å²) in [6.07, 6.45) is 1.65. The van der Waals surface area contributed by atoms with Crippen molar-refractivity contribution in [1.29, 1.82) is 0 Å². The van der Waals surface area contributed by atoms with Crippen LogP contribution in [0.5, 0.6) is 0 Å². The van der Waals surface area contributed by atoms with Gasteiger partial charge in [0.1, 0.15) is 5.82 Å². The van der Waals surface area contributed by atoms with Crippen LogP contribution in [0.15, 0.2) is 24.3 Å². The fourth-order valence-corrected chi connectivity index (χ4v) is 5.14. The van der Waals surface area contributed by atoms with Crippen molar-refractivity contribution in [2.75, 3.05) is 32.8 Å². The van der Waals surface area contributed by atoms with E-state index in [0.717, 1.165) is 29.7 Å². The van der Waals surface area contributed by atoms with Gasteiger partial charge in [-0.2, -0.15) is 17.0 Å². The molecule has 8 heteroatoms. The van der Waals surface area contributed by atoms with E-state index >= 15 is 0 Å². The van der Waals surface area contributed by atoms with Crippen molar-refractivity contribution < 1.29 is 13.2 Å². The van der Waals surface area contributed by atoms with Gasteiger partial charge >= 0.3 is 0 Å². The van der Waals surface area contributed by atoms with E-state index in [4.69, 9.17) is 4.74 Å². The van der Waals surface area contributed by atoms with E-state index in [9.17, 15) is 8.42 Å². The van der Waals surface area contributed by atoms with Crippen molar-refractivity contribution in [3.8, 4) is 0 Å². The van der Waals surface area contributed by atoms with Crippen LogP contribution in [0.4, 0.5) is 0 Å². The number of H-pyrrole nitrogens is 1. The zero-order chi connectivity index (χ0) is 15.9. The van der Waals surface area contributed by atoms with Crippen LogP contribution >= 0.6 is 0 Å². The average Bonchev–Trinajstić information content (AvgIpc) is 3.22. The van der Waals surface area contributed by atoms with Gasteiger partial charge in [-0.1, -0.05) is 12.1 Å². The van der Waals surface area contributed by atoms with Gasteiger partial charge in [-0.25, -0.2) is 4.98 Å². The summed E-state index contributed by atoms with van der Waals surface area (Å²) in [5.41, 5.74) is 1.82. The third-order valence-electron chi connectivity index (χ3n) is 4.52. The monoisotopic (exact) mass is 336 g/mol. The highest BCUT2D eigenvalue weighted by molar-refractivity contribution is 7.86. The van der Waals surface area contributed by atoms with E-state index in [1.807, 2.05) is 24.3 Å². The molecule has 2 saturated heterocycles. The fraction of sp³-hybridized carbons (Fsp3) is 0.533. The Bertz CT molecular complexity index is 765. The highest BCUT2D eigenvalue weighted by Gasteiger charge is 2.40. The summed E-state index contributed by atoms with van der Waals surface area (Å²) in [4.78, 5) is 7.88. The Balaban J connectivity index is 1.65. The summed E-state index contributed by atoms with van der Waals surface area (Å²) in [5, 5.41) is 0. The van der Waals surface area contributed by atoms with Crippen molar-refractivity contribution in [3.05, 3.63) is 30.1 Å². The SMILES string of the molecule is O=S(=O)(N1CCOCC1)N1CCCC1c1nc2ccccc2[nH]1. The highest BCUT2D eigenvalue weighted by atomic mass is 32.2. The zero-order valence-electron chi connectivity index (χ0n) is 12.8. The second kappa shape index (κ2) is 5.86. The van der Waals surface area contributed by atoms with Gasteiger partial charge in [0.2, 0.25) is 0 Å². The minimum absolute atomic E-state index is 0.213. The van der Waals surface area contributed by atoms with Gasteiger partial charge in [0.25, 0.3) is 10.2 Å². The molecule has 0 spiro atoms. The molecule has 0 bridgehead atoms. The number of aromatic amines is 1. The molecule has 2 aliphatic rings. The third kappa shape index (κ3) is 2.65. The Labute approximate surface area is 135 Å². The number of fused-ring (bicyclic) bond motifs is 1. The van der Waals surface area contributed by atoms with Crippen molar-refractivity contribution in [2.45, 2.75) is 18.9 Å². The predicted molar refractivity (Wildman–Crippen MR) is 86.1 cm³/mol. The largest absolute Gasteiger partial charge is 0.379 e. The Morgan fingerprint density at radius 1 is 1.17 bits per heavy atom. The standard InChI is InChI=1S/C15H20N4O3S/c20-23(21,18-8-10-22-11-9-18)19-7-3-6-14(19)15-16-12-4-1-2-5-13(12)17-15/h1-2,4-5,14H,3,6-11H2,(H,16,17). The minimum Gasteiger partial charge on any atom is -0.379 e. The van der Waals surface area contributed by atoms with Gasteiger partial charge in [0.15, 0.2) is 0 Å². The molecular formula is C15H20N4O3S. The first kappa shape index (κ1) is 15.1. The van der Waals surface area contributed by atoms with Crippen molar-refractivity contribution in [2.24, 2.45) is 0 Å². The van der Waals surface area contributed by atoms with Gasteiger partial charge in [-0.3, -0.25) is 0 Å². The second-order valence-electron chi connectivity index (χ2n) is 5.93.